The van der Waals surface area contributed by atoms with E-state index in [1.807, 2.05) is 0 Å². The maximum atomic E-state index is 12.8. The Morgan fingerprint density at radius 1 is 1.32 bits per heavy atom. The van der Waals surface area contributed by atoms with Crippen LogP contribution in [0.3, 0.4) is 0 Å². The number of hydrogen-bond acceptors (Lipinski definition) is 3. The second-order valence-corrected chi connectivity index (χ2v) is 3.99. The van der Waals surface area contributed by atoms with Gasteiger partial charge in [0.25, 0.3) is 5.91 Å². The zero-order valence-electron chi connectivity index (χ0n) is 10.6. The number of aryl methyl sites for hydroxylation is 1. The largest absolute Gasteiger partial charge is 0.289 e. The molecule has 0 saturated carbocycles. The summed E-state index contributed by atoms with van der Waals surface area (Å²) in [6, 6.07) is 7.49. The van der Waals surface area contributed by atoms with Gasteiger partial charge in [-0.15, -0.1) is 0 Å². The zero-order valence-corrected chi connectivity index (χ0v) is 10.6. The minimum absolute atomic E-state index is 0.310. The molecule has 0 fully saturated rings. The third-order valence-electron chi connectivity index (χ3n) is 2.64. The molecular formula is C13H13FN4O. The summed E-state index contributed by atoms with van der Waals surface area (Å²) in [7, 11) is 1.67. The van der Waals surface area contributed by atoms with Crippen molar-refractivity contribution in [2.75, 3.05) is 0 Å². The van der Waals surface area contributed by atoms with Crippen LogP contribution in [0.25, 0.3) is 0 Å². The van der Waals surface area contributed by atoms with E-state index >= 15 is 0 Å². The van der Waals surface area contributed by atoms with Gasteiger partial charge in [-0.25, -0.2) is 9.82 Å². The summed E-state index contributed by atoms with van der Waals surface area (Å²) >= 11 is 0. The molecule has 0 spiro atoms. The van der Waals surface area contributed by atoms with Gasteiger partial charge < -0.3 is 0 Å². The Balaban J connectivity index is 2.08. The highest BCUT2D eigenvalue weighted by atomic mass is 19.1. The summed E-state index contributed by atoms with van der Waals surface area (Å²) in [5.41, 5.74) is 4.18. The molecule has 0 unspecified atom stereocenters. The number of carbonyl (C=O) groups excluding carboxylic acids is 1. The van der Waals surface area contributed by atoms with Crippen molar-refractivity contribution in [3.63, 3.8) is 0 Å². The van der Waals surface area contributed by atoms with E-state index in [1.165, 1.54) is 23.0 Å². The molecule has 1 N–H and O–H groups in total. The molecule has 1 amide bonds. The van der Waals surface area contributed by atoms with Crippen LogP contribution in [0, 0.1) is 5.82 Å². The molecule has 0 radical (unpaired) electrons. The summed E-state index contributed by atoms with van der Waals surface area (Å²) in [5, 5.41) is 7.87. The van der Waals surface area contributed by atoms with Crippen molar-refractivity contribution in [1.82, 2.24) is 15.2 Å². The number of hydrogen-bond donors (Lipinski definition) is 1. The summed E-state index contributed by atoms with van der Waals surface area (Å²) in [5.74, 6) is -0.656. The van der Waals surface area contributed by atoms with Crippen LogP contribution in [-0.4, -0.2) is 21.4 Å². The highest BCUT2D eigenvalue weighted by molar-refractivity contribution is 6.00. The van der Waals surface area contributed by atoms with Crippen LogP contribution in [0.2, 0.25) is 0 Å². The molecule has 0 aliphatic carbocycles. The predicted molar refractivity (Wildman–Crippen MR) is 69.3 cm³/mol. The average molecular weight is 260 g/mol. The molecule has 0 atom stereocenters. The number of benzene rings is 1. The second-order valence-electron chi connectivity index (χ2n) is 3.99. The smallest absolute Gasteiger partial charge is 0.266 e. The minimum atomic E-state index is -0.346. The summed E-state index contributed by atoms with van der Waals surface area (Å²) in [6.45, 7) is 1.73. The number of aromatic nitrogens is 2. The van der Waals surface area contributed by atoms with Gasteiger partial charge >= 0.3 is 0 Å². The molecule has 0 aliphatic heterocycles. The Kier molecular flexibility index (Phi) is 3.70. The number of nitrogens with one attached hydrogen (secondary N) is 1. The van der Waals surface area contributed by atoms with E-state index in [1.54, 1.807) is 32.2 Å². The fraction of sp³-hybridized carbons (Fsp3) is 0.154. The molecule has 19 heavy (non-hydrogen) atoms. The van der Waals surface area contributed by atoms with Gasteiger partial charge in [-0.05, 0) is 30.7 Å². The lowest BCUT2D eigenvalue weighted by atomic mass is 10.1. The molecule has 1 heterocycles. The van der Waals surface area contributed by atoms with E-state index < -0.39 is 0 Å². The van der Waals surface area contributed by atoms with Crippen molar-refractivity contribution < 1.29 is 9.18 Å². The van der Waals surface area contributed by atoms with E-state index in [9.17, 15) is 9.18 Å². The van der Waals surface area contributed by atoms with Crippen LogP contribution in [0.1, 0.15) is 23.0 Å². The highest BCUT2D eigenvalue weighted by Gasteiger charge is 2.08. The van der Waals surface area contributed by atoms with Crippen LogP contribution < -0.4 is 5.43 Å². The summed E-state index contributed by atoms with van der Waals surface area (Å²) in [4.78, 5) is 11.8. The lowest BCUT2D eigenvalue weighted by Crippen LogP contribution is -2.22. The Morgan fingerprint density at radius 2 is 2.00 bits per heavy atom. The van der Waals surface area contributed by atoms with E-state index in [4.69, 9.17) is 0 Å². The van der Waals surface area contributed by atoms with Gasteiger partial charge in [0, 0.05) is 13.2 Å². The van der Waals surface area contributed by atoms with E-state index in [-0.39, 0.29) is 11.7 Å². The van der Waals surface area contributed by atoms with Crippen molar-refractivity contribution in [2.45, 2.75) is 6.92 Å². The van der Waals surface area contributed by atoms with Crippen molar-refractivity contribution in [1.29, 1.82) is 0 Å². The molecule has 6 heteroatoms. The first-order valence-corrected chi connectivity index (χ1v) is 5.66. The Hall–Kier alpha value is -2.50. The lowest BCUT2D eigenvalue weighted by Gasteiger charge is -2.03. The highest BCUT2D eigenvalue weighted by Crippen LogP contribution is 2.04. The fourth-order valence-electron chi connectivity index (χ4n) is 1.54. The predicted octanol–water partition coefficient (Wildman–Crippen LogP) is 1.71. The van der Waals surface area contributed by atoms with Gasteiger partial charge in [-0.1, -0.05) is 12.1 Å². The summed E-state index contributed by atoms with van der Waals surface area (Å²) in [6.07, 6.45) is 1.53. The zero-order chi connectivity index (χ0) is 13.8. The first kappa shape index (κ1) is 12.9. The van der Waals surface area contributed by atoms with Gasteiger partial charge in [0.05, 0.1) is 5.71 Å². The van der Waals surface area contributed by atoms with Gasteiger partial charge in [-0.3, -0.25) is 9.48 Å². The minimum Gasteiger partial charge on any atom is -0.266 e. The van der Waals surface area contributed by atoms with Crippen LogP contribution in [0.5, 0.6) is 0 Å². The maximum Gasteiger partial charge on any atom is 0.289 e. The average Bonchev–Trinajstić information content (AvgIpc) is 2.83. The molecule has 1 aromatic carbocycles. The van der Waals surface area contributed by atoms with Crippen LogP contribution in [0.4, 0.5) is 4.39 Å². The van der Waals surface area contributed by atoms with Crippen LogP contribution in [0.15, 0.2) is 41.6 Å². The molecule has 0 aliphatic rings. The molecule has 98 valence electrons. The number of amides is 1. The molecule has 0 saturated heterocycles. The fourth-order valence-corrected chi connectivity index (χ4v) is 1.54. The van der Waals surface area contributed by atoms with Gasteiger partial charge in [0.2, 0.25) is 0 Å². The first-order valence-electron chi connectivity index (χ1n) is 5.66. The maximum absolute atomic E-state index is 12.8. The van der Waals surface area contributed by atoms with Crippen molar-refractivity contribution >= 4 is 11.6 Å². The number of halogens is 1. The molecule has 0 bridgehead atoms. The topological polar surface area (TPSA) is 59.3 Å². The third kappa shape index (κ3) is 3.04. The summed E-state index contributed by atoms with van der Waals surface area (Å²) < 4.78 is 14.2. The van der Waals surface area contributed by atoms with Gasteiger partial charge in [0.15, 0.2) is 0 Å². The molecule has 2 rings (SSSR count). The number of hydrazone groups is 1. The molecule has 2 aromatic rings. The van der Waals surface area contributed by atoms with Crippen molar-refractivity contribution in [3.8, 4) is 0 Å². The molecule has 1 aromatic heterocycles. The standard InChI is InChI=1S/C13H13FN4O/c1-9(10-3-5-11(14)6-4-10)16-17-13(19)12-7-8-15-18(12)2/h3-8H,1-2H3,(H,17,19)/b16-9+. The Labute approximate surface area is 109 Å². The van der Waals surface area contributed by atoms with Crippen LogP contribution >= 0.6 is 0 Å². The Morgan fingerprint density at radius 3 is 2.58 bits per heavy atom. The quantitative estimate of drug-likeness (QED) is 0.674. The van der Waals surface area contributed by atoms with Crippen molar-refractivity contribution in [3.05, 3.63) is 53.6 Å². The number of nitrogens with zero attached hydrogens (tertiary/aromatic N) is 3. The Bertz CT molecular complexity index is 616. The molecular weight excluding hydrogens is 247 g/mol. The number of carbonyl (C=O) groups is 1. The van der Waals surface area contributed by atoms with Gasteiger partial charge in [0.1, 0.15) is 11.5 Å². The van der Waals surface area contributed by atoms with E-state index in [0.29, 0.717) is 11.4 Å². The van der Waals surface area contributed by atoms with Crippen LogP contribution in [-0.2, 0) is 7.05 Å². The molecule has 5 nitrogen and oxygen atoms in total. The third-order valence-corrected chi connectivity index (χ3v) is 2.64. The lowest BCUT2D eigenvalue weighted by molar-refractivity contribution is 0.0945. The SMILES string of the molecule is C/C(=N\NC(=O)c1ccnn1C)c1ccc(F)cc1. The van der Waals surface area contributed by atoms with Gasteiger partial charge in [-0.2, -0.15) is 10.2 Å². The first-order chi connectivity index (χ1) is 9.08. The second kappa shape index (κ2) is 5.43. The number of rotatable bonds is 3. The van der Waals surface area contributed by atoms with E-state index in [2.05, 4.69) is 15.6 Å². The van der Waals surface area contributed by atoms with Crippen molar-refractivity contribution in [2.24, 2.45) is 12.1 Å². The normalized spacial score (nSPS) is 11.4. The van der Waals surface area contributed by atoms with E-state index in [0.717, 1.165) is 5.56 Å². The monoisotopic (exact) mass is 260 g/mol.